The number of aliphatic imine (C=N–C) groups is 1. The molecule has 2 amide bonds. The van der Waals surface area contributed by atoms with E-state index in [9.17, 15) is 19.1 Å². The number of benzene rings is 2. The Balaban J connectivity index is 1.35. The van der Waals surface area contributed by atoms with Crippen molar-refractivity contribution in [2.75, 3.05) is 18.0 Å². The molecule has 2 heterocycles. The van der Waals surface area contributed by atoms with Crippen LogP contribution in [0, 0.1) is 9.39 Å². The van der Waals surface area contributed by atoms with Crippen molar-refractivity contribution in [1.29, 1.82) is 0 Å². The van der Waals surface area contributed by atoms with E-state index in [1.165, 1.54) is 29.2 Å². The molecule has 35 heavy (non-hydrogen) atoms. The number of amides is 2. The van der Waals surface area contributed by atoms with Crippen molar-refractivity contribution in [2.24, 2.45) is 4.99 Å². The van der Waals surface area contributed by atoms with E-state index in [4.69, 9.17) is 4.74 Å². The van der Waals surface area contributed by atoms with Crippen LogP contribution in [0.5, 0.6) is 5.75 Å². The lowest BCUT2D eigenvalue weighted by Crippen LogP contribution is -2.33. The smallest absolute Gasteiger partial charge is 0.414 e. The second-order valence-electron chi connectivity index (χ2n) is 7.62. The fourth-order valence-electron chi connectivity index (χ4n) is 3.54. The van der Waals surface area contributed by atoms with Crippen LogP contribution >= 0.6 is 22.6 Å². The summed E-state index contributed by atoms with van der Waals surface area (Å²) in [4.78, 5) is 33.6. The van der Waals surface area contributed by atoms with Crippen LogP contribution in [0.1, 0.15) is 5.56 Å². The number of hydrogen-bond acceptors (Lipinski definition) is 6. The molecular weight excluding hydrogens is 566 g/mol. The van der Waals surface area contributed by atoms with Crippen LogP contribution in [0.15, 0.2) is 65.9 Å². The summed E-state index contributed by atoms with van der Waals surface area (Å²) in [5.74, 6) is -0.926. The van der Waals surface area contributed by atoms with Crippen LogP contribution in [0.3, 0.4) is 0 Å². The molecule has 1 aromatic heterocycles. The van der Waals surface area contributed by atoms with Crippen molar-refractivity contribution < 1.29 is 23.8 Å². The molecule has 2 aromatic carbocycles. The van der Waals surface area contributed by atoms with Gasteiger partial charge in [0.15, 0.2) is 0 Å². The van der Waals surface area contributed by atoms with E-state index in [0.29, 0.717) is 28.1 Å². The van der Waals surface area contributed by atoms with Crippen molar-refractivity contribution in [2.45, 2.75) is 6.10 Å². The molecule has 178 valence electrons. The topological polar surface area (TPSA) is 104 Å². The number of cyclic esters (lactones) is 1. The van der Waals surface area contributed by atoms with Gasteiger partial charge in [0, 0.05) is 39.2 Å². The molecular formula is C25H20FIN4O4. The molecule has 1 aliphatic heterocycles. The highest BCUT2D eigenvalue weighted by Gasteiger charge is 2.32. The zero-order chi connectivity index (χ0) is 24.9. The SMILES string of the molecule is C=Nc1cc(O)c(/C=C/C(=O)NC[C@H]2CN(c3ccc(-c4ccncc4)c(F)c3)C(=O)O2)cc1I. The quantitative estimate of drug-likeness (QED) is 0.238. The number of nitrogens with zero attached hydrogens (tertiary/aromatic N) is 3. The molecule has 0 unspecified atom stereocenters. The molecule has 1 atom stereocenters. The fourth-order valence-corrected chi connectivity index (χ4v) is 4.20. The van der Waals surface area contributed by atoms with Gasteiger partial charge in [-0.2, -0.15) is 0 Å². The van der Waals surface area contributed by atoms with Crippen LogP contribution in [0.25, 0.3) is 17.2 Å². The Hall–Kier alpha value is -3.80. The highest BCUT2D eigenvalue weighted by molar-refractivity contribution is 14.1. The van der Waals surface area contributed by atoms with Crippen molar-refractivity contribution in [3.8, 4) is 16.9 Å². The predicted molar refractivity (Wildman–Crippen MR) is 139 cm³/mol. The number of aromatic nitrogens is 1. The van der Waals surface area contributed by atoms with Gasteiger partial charge in [-0.25, -0.2) is 9.18 Å². The first-order valence-corrected chi connectivity index (χ1v) is 11.6. The first-order valence-electron chi connectivity index (χ1n) is 10.5. The minimum absolute atomic E-state index is 0.0283. The second-order valence-corrected chi connectivity index (χ2v) is 8.78. The summed E-state index contributed by atoms with van der Waals surface area (Å²) in [5, 5.41) is 12.7. The van der Waals surface area contributed by atoms with Gasteiger partial charge in [-0.1, -0.05) is 0 Å². The van der Waals surface area contributed by atoms with E-state index in [0.717, 1.165) is 3.57 Å². The Labute approximate surface area is 214 Å². The van der Waals surface area contributed by atoms with Crippen LogP contribution in [0.2, 0.25) is 0 Å². The van der Waals surface area contributed by atoms with Gasteiger partial charge in [0.25, 0.3) is 0 Å². The summed E-state index contributed by atoms with van der Waals surface area (Å²) in [6.07, 6.45) is 4.68. The number of ether oxygens (including phenoxy) is 1. The summed E-state index contributed by atoms with van der Waals surface area (Å²) < 4.78 is 20.8. The van der Waals surface area contributed by atoms with Crippen molar-refractivity contribution in [3.63, 3.8) is 0 Å². The van der Waals surface area contributed by atoms with Gasteiger partial charge in [-0.05, 0) is 77.3 Å². The average molecular weight is 586 g/mol. The lowest BCUT2D eigenvalue weighted by Gasteiger charge is -2.14. The van der Waals surface area contributed by atoms with E-state index in [1.807, 2.05) is 0 Å². The van der Waals surface area contributed by atoms with Crippen LogP contribution in [-0.2, 0) is 9.53 Å². The van der Waals surface area contributed by atoms with Gasteiger partial charge in [-0.3, -0.25) is 19.7 Å². The highest BCUT2D eigenvalue weighted by atomic mass is 127. The summed E-state index contributed by atoms with van der Waals surface area (Å²) in [6.45, 7) is 3.68. The van der Waals surface area contributed by atoms with Gasteiger partial charge < -0.3 is 15.2 Å². The van der Waals surface area contributed by atoms with E-state index < -0.39 is 23.9 Å². The molecule has 3 aromatic rings. The number of hydrogen-bond donors (Lipinski definition) is 2. The lowest BCUT2D eigenvalue weighted by atomic mass is 10.1. The van der Waals surface area contributed by atoms with Gasteiger partial charge in [0.2, 0.25) is 5.91 Å². The van der Waals surface area contributed by atoms with Crippen LogP contribution in [0.4, 0.5) is 20.6 Å². The van der Waals surface area contributed by atoms with Crippen LogP contribution < -0.4 is 10.2 Å². The first-order chi connectivity index (χ1) is 16.9. The second kappa shape index (κ2) is 10.6. The first kappa shape index (κ1) is 24.3. The maximum atomic E-state index is 14.7. The zero-order valence-corrected chi connectivity index (χ0v) is 20.5. The molecule has 1 fully saturated rings. The minimum atomic E-state index is -0.619. The molecule has 0 saturated carbocycles. The van der Waals surface area contributed by atoms with Crippen molar-refractivity contribution in [1.82, 2.24) is 10.3 Å². The zero-order valence-electron chi connectivity index (χ0n) is 18.3. The molecule has 4 rings (SSSR count). The Morgan fingerprint density at radius 1 is 1.31 bits per heavy atom. The lowest BCUT2D eigenvalue weighted by molar-refractivity contribution is -0.116. The molecule has 0 bridgehead atoms. The van der Waals surface area contributed by atoms with Gasteiger partial charge in [-0.15, -0.1) is 0 Å². The number of carbonyl (C=O) groups excluding carboxylic acids is 2. The third kappa shape index (κ3) is 5.65. The summed E-state index contributed by atoms with van der Waals surface area (Å²) >= 11 is 2.06. The number of pyridine rings is 1. The van der Waals surface area contributed by atoms with Gasteiger partial charge in [0.1, 0.15) is 17.7 Å². The number of phenolic OH excluding ortho intramolecular Hbond substituents is 1. The normalized spacial score (nSPS) is 15.3. The number of aromatic hydroxyl groups is 1. The fraction of sp³-hybridized carbons (Fsp3) is 0.120. The number of phenols is 1. The van der Waals surface area contributed by atoms with Gasteiger partial charge in [0.05, 0.1) is 24.5 Å². The minimum Gasteiger partial charge on any atom is -0.507 e. The molecule has 2 N–H and O–H groups in total. The van der Waals surface area contributed by atoms with Crippen LogP contribution in [-0.4, -0.2) is 48.0 Å². The third-order valence-corrected chi connectivity index (χ3v) is 6.18. The predicted octanol–water partition coefficient (Wildman–Crippen LogP) is 4.68. The Morgan fingerprint density at radius 3 is 2.80 bits per heavy atom. The highest BCUT2D eigenvalue weighted by Crippen LogP contribution is 2.31. The van der Waals surface area contributed by atoms with Gasteiger partial charge >= 0.3 is 6.09 Å². The maximum Gasteiger partial charge on any atom is 0.414 e. The van der Waals surface area contributed by atoms with E-state index in [1.54, 1.807) is 42.7 Å². The van der Waals surface area contributed by atoms with Crippen molar-refractivity contribution in [3.05, 3.63) is 75.9 Å². The third-order valence-electron chi connectivity index (χ3n) is 5.31. The maximum absolute atomic E-state index is 14.7. The molecule has 0 radical (unpaired) electrons. The summed E-state index contributed by atoms with van der Waals surface area (Å²) in [7, 11) is 0. The van der Waals surface area contributed by atoms with Crippen molar-refractivity contribution >= 4 is 58.8 Å². The van der Waals surface area contributed by atoms with E-state index >= 15 is 0 Å². The Morgan fingerprint density at radius 2 is 2.09 bits per heavy atom. The molecule has 10 heteroatoms. The Bertz CT molecular complexity index is 1320. The monoisotopic (exact) mass is 586 g/mol. The Kier molecular flexibility index (Phi) is 7.39. The van der Waals surface area contributed by atoms with E-state index in [-0.39, 0.29) is 18.8 Å². The summed E-state index contributed by atoms with van der Waals surface area (Å²) in [6, 6.07) is 11.1. The summed E-state index contributed by atoms with van der Waals surface area (Å²) in [5.41, 5.74) is 2.44. The average Bonchev–Trinajstić information content (AvgIpc) is 3.23. The molecule has 0 aliphatic carbocycles. The number of rotatable bonds is 7. The largest absolute Gasteiger partial charge is 0.507 e. The number of halogens is 2. The van der Waals surface area contributed by atoms with E-state index in [2.05, 4.69) is 44.6 Å². The molecule has 8 nitrogen and oxygen atoms in total. The molecule has 0 spiro atoms. The standard InChI is InChI=1S/C25H20FIN4O4/c1-28-22-12-23(32)16(10-21(22)27)2-5-24(33)30-13-18-14-31(25(34)35-18)17-3-4-19(20(26)11-17)15-6-8-29-9-7-15/h2-12,18,32H,1,13-14H2,(H,30,33)/b5-2+/t18-/m0/s1. The number of carbonyl (C=O) groups is 2. The number of anilines is 1. The number of nitrogens with one attached hydrogen (secondary N) is 1. The molecule has 1 saturated heterocycles. The molecule has 1 aliphatic rings.